The van der Waals surface area contributed by atoms with Crippen LogP contribution in [0.4, 0.5) is 5.69 Å². The van der Waals surface area contributed by atoms with Crippen LogP contribution in [0.25, 0.3) is 10.1 Å². The van der Waals surface area contributed by atoms with E-state index in [-0.39, 0.29) is 17.5 Å². The average molecular weight is 296 g/mol. The van der Waals surface area contributed by atoms with Gasteiger partial charge in [0.05, 0.1) is 5.69 Å². The molecule has 19 heavy (non-hydrogen) atoms. The van der Waals surface area contributed by atoms with E-state index in [2.05, 4.69) is 32.6 Å². The van der Waals surface area contributed by atoms with Crippen LogP contribution in [0.3, 0.4) is 0 Å². The number of benzene rings is 1. The molecule has 0 aliphatic carbocycles. The molecule has 1 aromatic heterocycles. The predicted molar refractivity (Wildman–Crippen MR) is 85.9 cm³/mol. The molecule has 0 saturated carbocycles. The Balaban J connectivity index is 2.68. The van der Waals surface area contributed by atoms with Crippen molar-refractivity contribution in [1.29, 1.82) is 0 Å². The molecule has 102 valence electrons. The molecule has 2 rings (SSSR count). The Morgan fingerprint density at radius 2 is 1.79 bits per heavy atom. The van der Waals surface area contributed by atoms with Gasteiger partial charge in [-0.25, -0.2) is 0 Å². The summed E-state index contributed by atoms with van der Waals surface area (Å²) in [6, 6.07) is 6.07. The van der Waals surface area contributed by atoms with Crippen LogP contribution in [0.2, 0.25) is 5.02 Å². The van der Waals surface area contributed by atoms with Gasteiger partial charge in [0.1, 0.15) is 0 Å². The lowest BCUT2D eigenvalue weighted by atomic mass is 10.2. The van der Waals surface area contributed by atoms with Gasteiger partial charge in [0.2, 0.25) is 5.43 Å². The van der Waals surface area contributed by atoms with Crippen LogP contribution in [-0.2, 0) is 0 Å². The Hall–Kier alpha value is -1.06. The fourth-order valence-corrected chi connectivity index (χ4v) is 3.49. The number of hydrogen-bond acceptors (Lipinski definition) is 3. The molecule has 1 aromatic carbocycles. The van der Waals surface area contributed by atoms with Crippen molar-refractivity contribution >= 4 is 38.7 Å². The van der Waals surface area contributed by atoms with Crippen LogP contribution >= 0.6 is 22.9 Å². The normalized spacial score (nSPS) is 11.5. The third-order valence-corrected chi connectivity index (χ3v) is 4.29. The molecule has 0 radical (unpaired) electrons. The lowest BCUT2D eigenvalue weighted by Gasteiger charge is -2.32. The number of nitrogens with zero attached hydrogens (tertiary/aromatic N) is 1. The maximum atomic E-state index is 12.6. The smallest absolute Gasteiger partial charge is 0.211 e. The third kappa shape index (κ3) is 2.77. The van der Waals surface area contributed by atoms with Crippen molar-refractivity contribution in [2.75, 3.05) is 4.90 Å². The van der Waals surface area contributed by atoms with Gasteiger partial charge in [0.15, 0.2) is 0 Å². The van der Waals surface area contributed by atoms with Crippen molar-refractivity contribution < 1.29 is 0 Å². The average Bonchev–Trinajstić information content (AvgIpc) is 2.32. The predicted octanol–water partition coefficient (Wildman–Crippen LogP) is 4.54. The number of fused-ring (bicyclic) bond motifs is 1. The molecule has 0 spiro atoms. The molecular weight excluding hydrogens is 278 g/mol. The van der Waals surface area contributed by atoms with E-state index in [4.69, 9.17) is 11.6 Å². The Kier molecular flexibility index (Phi) is 4.16. The summed E-state index contributed by atoms with van der Waals surface area (Å²) >= 11 is 7.59. The lowest BCUT2D eigenvalue weighted by molar-refractivity contribution is 0.607. The van der Waals surface area contributed by atoms with Crippen molar-refractivity contribution in [3.05, 3.63) is 38.8 Å². The highest BCUT2D eigenvalue weighted by Gasteiger charge is 2.18. The number of anilines is 1. The van der Waals surface area contributed by atoms with Gasteiger partial charge < -0.3 is 4.90 Å². The van der Waals surface area contributed by atoms with Crippen LogP contribution in [0.5, 0.6) is 0 Å². The minimum Gasteiger partial charge on any atom is -0.363 e. The van der Waals surface area contributed by atoms with Crippen molar-refractivity contribution in [2.45, 2.75) is 39.8 Å². The topological polar surface area (TPSA) is 20.3 Å². The van der Waals surface area contributed by atoms with Crippen LogP contribution in [0, 0.1) is 0 Å². The molecule has 0 fully saturated rings. The van der Waals surface area contributed by atoms with Gasteiger partial charge in [0, 0.05) is 32.6 Å². The number of hydrogen-bond donors (Lipinski definition) is 0. The van der Waals surface area contributed by atoms with Gasteiger partial charge >= 0.3 is 0 Å². The monoisotopic (exact) mass is 295 g/mol. The summed E-state index contributed by atoms with van der Waals surface area (Å²) in [7, 11) is 0. The quantitative estimate of drug-likeness (QED) is 0.828. The van der Waals surface area contributed by atoms with Crippen LogP contribution in [0.1, 0.15) is 27.7 Å². The highest BCUT2D eigenvalue weighted by Crippen LogP contribution is 2.25. The molecule has 0 saturated heterocycles. The molecule has 0 aliphatic rings. The molecule has 2 aromatic rings. The number of rotatable bonds is 3. The third-order valence-electron chi connectivity index (χ3n) is 3.11. The van der Waals surface area contributed by atoms with Crippen LogP contribution in [-0.4, -0.2) is 12.1 Å². The Morgan fingerprint density at radius 3 is 2.37 bits per heavy atom. The summed E-state index contributed by atoms with van der Waals surface area (Å²) in [6.45, 7) is 8.41. The lowest BCUT2D eigenvalue weighted by Crippen LogP contribution is -2.39. The highest BCUT2D eigenvalue weighted by molar-refractivity contribution is 7.16. The Morgan fingerprint density at radius 1 is 1.16 bits per heavy atom. The summed E-state index contributed by atoms with van der Waals surface area (Å²) in [5.74, 6) is 0. The SMILES string of the molecule is CC(C)N(c1csc2ccc(Cl)cc2c1=O)C(C)C. The zero-order valence-corrected chi connectivity index (χ0v) is 13.2. The van der Waals surface area contributed by atoms with E-state index in [9.17, 15) is 4.79 Å². The van der Waals surface area contributed by atoms with Gasteiger partial charge in [-0.2, -0.15) is 0 Å². The maximum absolute atomic E-state index is 12.6. The molecule has 0 aliphatic heterocycles. The van der Waals surface area contributed by atoms with Crippen LogP contribution < -0.4 is 10.3 Å². The second kappa shape index (κ2) is 5.51. The summed E-state index contributed by atoms with van der Waals surface area (Å²) in [5, 5.41) is 3.27. The first-order valence-corrected chi connectivity index (χ1v) is 7.67. The molecule has 4 heteroatoms. The van der Waals surface area contributed by atoms with E-state index in [1.165, 1.54) is 0 Å². The van der Waals surface area contributed by atoms with E-state index in [1.54, 1.807) is 17.4 Å². The second-order valence-corrected chi connectivity index (χ2v) is 6.53. The fourth-order valence-electron chi connectivity index (χ4n) is 2.42. The largest absolute Gasteiger partial charge is 0.363 e. The van der Waals surface area contributed by atoms with Crippen molar-refractivity contribution in [3.8, 4) is 0 Å². The Labute approximate surface area is 122 Å². The first kappa shape index (κ1) is 14.4. The van der Waals surface area contributed by atoms with E-state index in [1.807, 2.05) is 17.5 Å². The van der Waals surface area contributed by atoms with Crippen molar-refractivity contribution in [3.63, 3.8) is 0 Å². The summed E-state index contributed by atoms with van der Waals surface area (Å²) in [5.41, 5.74) is 0.836. The first-order valence-electron chi connectivity index (χ1n) is 6.41. The van der Waals surface area contributed by atoms with E-state index >= 15 is 0 Å². The molecular formula is C15H18ClNOS. The molecule has 1 heterocycles. The Bertz CT molecular complexity index is 640. The molecule has 0 N–H and O–H groups in total. The number of halogens is 1. The zero-order chi connectivity index (χ0) is 14.2. The van der Waals surface area contributed by atoms with Crippen molar-refractivity contribution in [2.24, 2.45) is 0 Å². The fraction of sp³-hybridized carbons (Fsp3) is 0.400. The van der Waals surface area contributed by atoms with Gasteiger partial charge in [-0.1, -0.05) is 11.6 Å². The minimum atomic E-state index is 0.0682. The molecule has 2 nitrogen and oxygen atoms in total. The van der Waals surface area contributed by atoms with E-state index in [0.29, 0.717) is 10.4 Å². The van der Waals surface area contributed by atoms with E-state index < -0.39 is 0 Å². The van der Waals surface area contributed by atoms with Gasteiger partial charge in [-0.15, -0.1) is 11.3 Å². The standard InChI is InChI=1S/C15H18ClNOS/c1-9(2)17(10(3)4)13-8-19-14-6-5-11(16)7-12(14)15(13)18/h5-10H,1-4H3. The van der Waals surface area contributed by atoms with Gasteiger partial charge in [-0.05, 0) is 45.9 Å². The van der Waals surface area contributed by atoms with Gasteiger partial charge in [-0.3, -0.25) is 4.79 Å². The molecule has 0 bridgehead atoms. The van der Waals surface area contributed by atoms with Crippen molar-refractivity contribution in [1.82, 2.24) is 0 Å². The van der Waals surface area contributed by atoms with E-state index in [0.717, 1.165) is 10.4 Å². The summed E-state index contributed by atoms with van der Waals surface area (Å²) in [4.78, 5) is 14.8. The van der Waals surface area contributed by atoms with Crippen LogP contribution in [0.15, 0.2) is 28.4 Å². The second-order valence-electron chi connectivity index (χ2n) is 5.19. The van der Waals surface area contributed by atoms with Gasteiger partial charge in [0.25, 0.3) is 0 Å². The maximum Gasteiger partial charge on any atom is 0.211 e. The molecule has 0 amide bonds. The summed E-state index contributed by atoms with van der Waals surface area (Å²) < 4.78 is 0.977. The minimum absolute atomic E-state index is 0.0682. The highest BCUT2D eigenvalue weighted by atomic mass is 35.5. The summed E-state index contributed by atoms with van der Waals surface area (Å²) in [6.07, 6.45) is 0. The first-order chi connectivity index (χ1) is 8.91. The molecule has 0 unspecified atom stereocenters. The zero-order valence-electron chi connectivity index (χ0n) is 11.6. The molecule has 0 atom stereocenters.